The molecule has 12 atom stereocenters. The Labute approximate surface area is 713 Å². The number of aryl methyl sites for hydroxylation is 4. The van der Waals surface area contributed by atoms with Gasteiger partial charge in [-0.2, -0.15) is 28.4 Å². The van der Waals surface area contributed by atoms with Gasteiger partial charge in [0.25, 0.3) is 0 Å². The van der Waals surface area contributed by atoms with E-state index in [1.165, 1.54) is 37.7 Å². The van der Waals surface area contributed by atoms with E-state index in [-0.39, 0.29) is 85.9 Å². The van der Waals surface area contributed by atoms with Crippen molar-refractivity contribution < 1.29 is 95.9 Å². The summed E-state index contributed by atoms with van der Waals surface area (Å²) in [7, 11) is 9.34. The normalized spacial score (nSPS) is 21.9. The van der Waals surface area contributed by atoms with Crippen LogP contribution in [-0.4, -0.2) is 213 Å². The molecule has 3 saturated carbocycles. The number of ether oxygens (including phenoxy) is 12. The Morgan fingerprint density at radius 1 is 0.405 bits per heavy atom. The van der Waals surface area contributed by atoms with Gasteiger partial charge in [-0.15, -0.1) is 34.0 Å². The van der Waals surface area contributed by atoms with Gasteiger partial charge in [-0.05, 0) is 111 Å². The number of nitrogens with zero attached hydrogens (tertiary/aromatic N) is 9. The number of fused-ring (bicyclic) bond motifs is 5. The molecule has 8 heterocycles. The number of benzene rings is 6. The Balaban J connectivity index is 0.000000146. The van der Waals surface area contributed by atoms with Crippen LogP contribution in [0.2, 0.25) is 0 Å². The van der Waals surface area contributed by atoms with Crippen molar-refractivity contribution in [1.29, 1.82) is 0 Å². The molecule has 32 nitrogen and oxygen atoms in total. The summed E-state index contributed by atoms with van der Waals surface area (Å²) in [6.45, 7) is 15.1. The zero-order valence-corrected chi connectivity index (χ0v) is 72.1. The third-order valence-corrected chi connectivity index (χ3v) is 24.1. The van der Waals surface area contributed by atoms with Gasteiger partial charge in [-0.1, -0.05) is 36.4 Å². The first-order valence-corrected chi connectivity index (χ1v) is 41.9. The van der Waals surface area contributed by atoms with E-state index < -0.39 is 47.3 Å². The molecule has 6 aromatic carbocycles. The number of anilines is 3. The molecule has 36 heteroatoms. The van der Waals surface area contributed by atoms with E-state index in [1.54, 1.807) is 93.6 Å². The number of thiazole rings is 3. The molecule has 121 heavy (non-hydrogen) atoms. The van der Waals surface area contributed by atoms with Gasteiger partial charge in [0.05, 0.1) is 144 Å². The SMILES string of the molecule is COc1cc(O)cc(OC)c1.COc1cc(OC)cc(Oc2nc(C)c(-c3nc4ccccc4s3)c(NC3C[C@H](CO)[C@H]4OC(C)(C)OC34)n2)c1.COc1cc(OC)cc(Oc2nc(C)c(-c3nc4ccccc4s3)c(N[C@@H]3C[C@H](CO)[C@@H](O)[C@H]3O)n2)c1.Cc1nc(C)c(-c2nc3ccccc3s2)c(N[C@@H]2C[C@H](CO)[C@H]3OC(C)(C)OC23)n1.O=S=O. The molecule has 0 amide bonds. The summed E-state index contributed by atoms with van der Waals surface area (Å²) in [6, 6.07) is 38.6. The second-order valence-corrected chi connectivity index (χ2v) is 33.2. The van der Waals surface area contributed by atoms with Crippen LogP contribution in [0.4, 0.5) is 17.5 Å². The maximum absolute atomic E-state index is 10.6. The van der Waals surface area contributed by atoms with Gasteiger partial charge >= 0.3 is 23.6 Å². The predicted octanol–water partition coefficient (Wildman–Crippen LogP) is 13.0. The number of rotatable bonds is 22. The van der Waals surface area contributed by atoms with Crippen LogP contribution in [0.1, 0.15) is 69.9 Å². The molecule has 2 aliphatic heterocycles. The number of methoxy groups -OCH3 is 6. The highest BCUT2D eigenvalue weighted by molar-refractivity contribution is 7.51. The lowest BCUT2D eigenvalue weighted by atomic mass is 10.1. The van der Waals surface area contributed by atoms with Gasteiger partial charge in [-0.3, -0.25) is 0 Å². The van der Waals surface area contributed by atoms with Crippen molar-refractivity contribution in [2.75, 3.05) is 78.4 Å². The van der Waals surface area contributed by atoms with Crippen LogP contribution in [0.25, 0.3) is 62.4 Å². The van der Waals surface area contributed by atoms with Gasteiger partial charge in [-0.25, -0.2) is 24.9 Å². The molecule has 3 unspecified atom stereocenters. The summed E-state index contributed by atoms with van der Waals surface area (Å²) in [4.78, 5) is 42.6. The zero-order valence-electron chi connectivity index (χ0n) is 68.9. The molecular formula is C85H96N12O20S4. The topological polar surface area (TPSA) is 418 Å². The highest BCUT2D eigenvalue weighted by atomic mass is 32.1. The van der Waals surface area contributed by atoms with Crippen molar-refractivity contribution in [3.8, 4) is 95.5 Å². The molecule has 5 aliphatic rings. The molecule has 0 bridgehead atoms. The molecule has 0 spiro atoms. The minimum Gasteiger partial charge on any atom is -0.508 e. The van der Waals surface area contributed by atoms with E-state index in [9.17, 15) is 25.5 Å². The molecule has 640 valence electrons. The van der Waals surface area contributed by atoms with E-state index in [4.69, 9.17) is 100 Å². The molecule has 9 N–H and O–H groups in total. The fourth-order valence-corrected chi connectivity index (χ4v) is 18.6. The van der Waals surface area contributed by atoms with Crippen molar-refractivity contribution in [2.45, 2.75) is 141 Å². The number of phenolic OH excluding ortho intramolecular Hbond substituents is 1. The van der Waals surface area contributed by atoms with E-state index in [0.717, 1.165) is 69.7 Å². The van der Waals surface area contributed by atoms with Crippen LogP contribution in [0, 0.1) is 45.4 Å². The lowest BCUT2D eigenvalue weighted by Gasteiger charge is -2.24. The first kappa shape index (κ1) is 88.1. The smallest absolute Gasteiger partial charge is 0.335 e. The molecule has 12 aromatic rings. The Morgan fingerprint density at radius 2 is 0.711 bits per heavy atom. The average Bonchev–Trinajstić information content (AvgIpc) is 1.61. The van der Waals surface area contributed by atoms with Crippen LogP contribution in [0.5, 0.6) is 63.8 Å². The molecule has 0 radical (unpaired) electrons. The Morgan fingerprint density at radius 3 is 1.05 bits per heavy atom. The van der Waals surface area contributed by atoms with Crippen molar-refractivity contribution >= 4 is 93.7 Å². The lowest BCUT2D eigenvalue weighted by Crippen LogP contribution is -2.35. The fourth-order valence-electron chi connectivity index (χ4n) is 15.4. The molecule has 5 fully saturated rings. The minimum absolute atomic E-state index is 0.0123. The zero-order chi connectivity index (χ0) is 86.1. The number of aliphatic hydroxyl groups is 5. The summed E-state index contributed by atoms with van der Waals surface area (Å²) in [5, 5.41) is 72.6. The highest BCUT2D eigenvalue weighted by Crippen LogP contribution is 2.48. The third kappa shape index (κ3) is 20.4. The summed E-state index contributed by atoms with van der Waals surface area (Å²) in [5.74, 6) is 5.07. The number of phenols is 1. The molecule has 17 rings (SSSR count). The van der Waals surface area contributed by atoms with Gasteiger partial charge in [0.2, 0.25) is 0 Å². The van der Waals surface area contributed by atoms with E-state index in [1.807, 2.05) is 122 Å². The predicted molar refractivity (Wildman–Crippen MR) is 458 cm³/mol. The maximum atomic E-state index is 10.6. The first-order chi connectivity index (χ1) is 58.2. The number of aromatic nitrogens is 9. The van der Waals surface area contributed by atoms with Crippen LogP contribution in [0.3, 0.4) is 0 Å². The third-order valence-electron chi connectivity index (χ3n) is 20.9. The Hall–Kier alpha value is -10.7. The second kappa shape index (κ2) is 38.6. The van der Waals surface area contributed by atoms with Crippen molar-refractivity contribution in [2.24, 2.45) is 17.8 Å². The second-order valence-electron chi connectivity index (χ2n) is 30.0. The van der Waals surface area contributed by atoms with Crippen LogP contribution < -0.4 is 53.8 Å². The van der Waals surface area contributed by atoms with Gasteiger partial charge in [0, 0.05) is 92.2 Å². The van der Waals surface area contributed by atoms with Crippen LogP contribution in [-0.2, 0) is 30.5 Å². The number of hydrogen-bond donors (Lipinski definition) is 9. The van der Waals surface area contributed by atoms with Crippen LogP contribution >= 0.6 is 34.0 Å². The number of aliphatic hydroxyl groups excluding tert-OH is 5. The van der Waals surface area contributed by atoms with Gasteiger partial charge in [0.15, 0.2) is 11.6 Å². The highest BCUT2D eigenvalue weighted by Gasteiger charge is 2.56. The monoisotopic (exact) mass is 1730 g/mol. The van der Waals surface area contributed by atoms with E-state index >= 15 is 0 Å². The standard InChI is InChI=1S/C29H32N4O6S.C26H28N4O6S.C22H26N4O3S.C8H10O3.O2S/c1-15-23(27-32-20-8-6-7-9-22(20)40-27)26(31-21-10-16(14-34)24-25(21)39-29(2,3)38-24)33-28(30-15)37-19-12-17(35-4)11-18(13-19)36-5;1-13-21(25-29-18-6-4-5-7-20(18)37-25)24(28-19-8-14(12-31)22(32)23(19)33)30-26(27-13)36-17-10-15(34-2)9-16(11-17)35-3;1-11-17(21-26-14-7-5-6-8-16(14)30-21)20(24-12(2)23-11)25-15-9-13(10-27)18-19(15)29-22(3,4)28-18;1-10-7-3-6(9)4-8(5-7)11-2;1-3-2/h6-9,11-13,16,21,24-25,34H,10,14H2,1-5H3,(H,30,31,33);4-7,9-11,14,19,22-23,31-33H,8,12H2,1-3H3,(H,27,28,30);5-8,13,15,18-19,27H,9-10H2,1-4H3,(H,23,24,25);3-5,9H,1-2H3;/t16-,21?,24-,25?;14-,19-,22-,23+;13-,15-,18-,19?;;/m111../s1. The minimum atomic E-state index is -1.08. The van der Waals surface area contributed by atoms with Gasteiger partial charge in [0.1, 0.15) is 108 Å². The van der Waals surface area contributed by atoms with Crippen molar-refractivity contribution in [3.05, 3.63) is 150 Å². The summed E-state index contributed by atoms with van der Waals surface area (Å²) in [5.41, 5.74) is 7.33. The molecule has 6 aromatic heterocycles. The quantitative estimate of drug-likeness (QED) is 0.0304. The summed E-state index contributed by atoms with van der Waals surface area (Å²) >= 11 is 3.98. The van der Waals surface area contributed by atoms with E-state index in [0.29, 0.717) is 98.3 Å². The fraction of sp³-hybridized carbons (Fsp3) is 0.400. The van der Waals surface area contributed by atoms with Crippen LogP contribution in [0.15, 0.2) is 127 Å². The number of nitrogens with one attached hydrogen (secondary N) is 3. The Kier molecular flexibility index (Phi) is 28.1. The average molecular weight is 1730 g/mol. The maximum Gasteiger partial charge on any atom is 0.335 e. The summed E-state index contributed by atoms with van der Waals surface area (Å²) in [6.07, 6.45) is -1.09. The van der Waals surface area contributed by atoms with Gasteiger partial charge < -0.3 is 103 Å². The largest absolute Gasteiger partial charge is 0.508 e. The first-order valence-electron chi connectivity index (χ1n) is 38.7. The van der Waals surface area contributed by atoms with Crippen molar-refractivity contribution in [1.82, 2.24) is 44.9 Å². The van der Waals surface area contributed by atoms with Crippen molar-refractivity contribution in [3.63, 3.8) is 0 Å². The number of para-hydroxylation sites is 3. The Bertz CT molecular complexity index is 5490. The molecule has 3 aliphatic carbocycles. The molecular weight excluding hydrogens is 1640 g/mol. The molecule has 2 saturated heterocycles. The lowest BCUT2D eigenvalue weighted by molar-refractivity contribution is -0.159. The van der Waals surface area contributed by atoms with E-state index in [2.05, 4.69) is 37.0 Å². The number of hydrogen-bond acceptors (Lipinski definition) is 35. The summed E-state index contributed by atoms with van der Waals surface area (Å²) < 4.78 is 87.9. The number of aromatic hydroxyl groups is 1.